The molecule has 2 N–H and O–H groups in total. The van der Waals surface area contributed by atoms with Crippen molar-refractivity contribution in [2.75, 3.05) is 26.4 Å². The lowest BCUT2D eigenvalue weighted by Gasteiger charge is -2.32. The fourth-order valence-electron chi connectivity index (χ4n) is 2.82. The van der Waals surface area contributed by atoms with E-state index in [0.29, 0.717) is 19.8 Å². The van der Waals surface area contributed by atoms with Crippen LogP contribution in [0.15, 0.2) is 24.3 Å². The van der Waals surface area contributed by atoms with E-state index in [1.807, 2.05) is 0 Å². The molecule has 0 bridgehead atoms. The van der Waals surface area contributed by atoms with Crippen molar-refractivity contribution in [3.8, 4) is 0 Å². The van der Waals surface area contributed by atoms with E-state index in [-0.39, 0.29) is 18.2 Å². The monoisotopic (exact) mass is 263 g/mol. The van der Waals surface area contributed by atoms with Gasteiger partial charge in [-0.25, -0.2) is 0 Å². The van der Waals surface area contributed by atoms with Gasteiger partial charge in [0.05, 0.1) is 38.6 Å². The van der Waals surface area contributed by atoms with Crippen LogP contribution in [0.3, 0.4) is 0 Å². The van der Waals surface area contributed by atoms with Gasteiger partial charge < -0.3 is 19.9 Å². The highest BCUT2D eigenvalue weighted by Crippen LogP contribution is 2.31. The van der Waals surface area contributed by atoms with Gasteiger partial charge in [0.1, 0.15) is 0 Å². The molecule has 0 amide bonds. The van der Waals surface area contributed by atoms with Gasteiger partial charge in [0, 0.05) is 6.04 Å². The Morgan fingerprint density at radius 3 is 2.89 bits per heavy atom. The minimum absolute atomic E-state index is 0.00793. The van der Waals surface area contributed by atoms with Gasteiger partial charge in [-0.1, -0.05) is 24.3 Å². The molecular formula is C15H21NO3. The molecule has 3 atom stereocenters. The zero-order valence-electron chi connectivity index (χ0n) is 11.1. The Morgan fingerprint density at radius 2 is 2.05 bits per heavy atom. The van der Waals surface area contributed by atoms with Crippen molar-refractivity contribution in [1.82, 2.24) is 0 Å². The quantitative estimate of drug-likeness (QED) is 0.896. The van der Waals surface area contributed by atoms with Crippen molar-refractivity contribution in [1.29, 1.82) is 0 Å². The molecule has 3 rings (SSSR count). The van der Waals surface area contributed by atoms with Crippen molar-refractivity contribution in [2.24, 2.45) is 5.73 Å². The van der Waals surface area contributed by atoms with E-state index < -0.39 is 0 Å². The van der Waals surface area contributed by atoms with Gasteiger partial charge in [-0.3, -0.25) is 0 Å². The molecule has 104 valence electrons. The van der Waals surface area contributed by atoms with Gasteiger partial charge in [0.25, 0.3) is 0 Å². The second kappa shape index (κ2) is 6.01. The van der Waals surface area contributed by atoms with Crippen LogP contribution in [0.1, 0.15) is 23.7 Å². The maximum Gasteiger partial charge on any atom is 0.0961 e. The fourth-order valence-corrected chi connectivity index (χ4v) is 2.82. The SMILES string of the molecule is NC(CC1OCCc2ccccc21)C1COCCO1. The lowest BCUT2D eigenvalue weighted by atomic mass is 9.92. The summed E-state index contributed by atoms with van der Waals surface area (Å²) in [6, 6.07) is 8.42. The number of benzene rings is 1. The van der Waals surface area contributed by atoms with Gasteiger partial charge in [0.2, 0.25) is 0 Å². The first-order valence-electron chi connectivity index (χ1n) is 6.99. The number of ether oxygens (including phenoxy) is 3. The highest BCUT2D eigenvalue weighted by Gasteiger charge is 2.28. The van der Waals surface area contributed by atoms with Crippen LogP contribution in [0, 0.1) is 0 Å². The molecule has 0 saturated carbocycles. The largest absolute Gasteiger partial charge is 0.376 e. The Kier molecular flexibility index (Phi) is 4.13. The zero-order valence-corrected chi connectivity index (χ0v) is 11.1. The number of nitrogens with two attached hydrogens (primary N) is 1. The van der Waals surface area contributed by atoms with Gasteiger partial charge in [-0.05, 0) is 24.0 Å². The van der Waals surface area contributed by atoms with E-state index in [2.05, 4.69) is 24.3 Å². The molecule has 2 aliphatic heterocycles. The molecule has 1 fully saturated rings. The minimum atomic E-state index is -0.0449. The summed E-state index contributed by atoms with van der Waals surface area (Å²) in [5.41, 5.74) is 8.91. The predicted octanol–water partition coefficient (Wildman–Crippen LogP) is 1.43. The van der Waals surface area contributed by atoms with E-state index in [4.69, 9.17) is 19.9 Å². The third-order valence-corrected chi connectivity index (χ3v) is 3.90. The van der Waals surface area contributed by atoms with Crippen LogP contribution < -0.4 is 5.73 Å². The van der Waals surface area contributed by atoms with E-state index in [1.165, 1.54) is 11.1 Å². The molecule has 2 aliphatic rings. The molecule has 1 aromatic rings. The maximum atomic E-state index is 6.25. The standard InChI is InChI=1S/C15H21NO3/c16-13(15-10-17-7-8-19-15)9-14-12-4-2-1-3-11(12)5-6-18-14/h1-4,13-15H,5-10,16H2. The molecule has 1 saturated heterocycles. The molecule has 4 nitrogen and oxygen atoms in total. The molecule has 2 heterocycles. The predicted molar refractivity (Wildman–Crippen MR) is 72.0 cm³/mol. The van der Waals surface area contributed by atoms with Crippen LogP contribution in [0.25, 0.3) is 0 Å². The normalized spacial score (nSPS) is 28.7. The number of fused-ring (bicyclic) bond motifs is 1. The Bertz CT molecular complexity index is 418. The molecule has 3 unspecified atom stereocenters. The summed E-state index contributed by atoms with van der Waals surface area (Å²) in [5.74, 6) is 0. The first-order chi connectivity index (χ1) is 9.34. The topological polar surface area (TPSA) is 53.7 Å². The van der Waals surface area contributed by atoms with E-state index in [0.717, 1.165) is 19.4 Å². The minimum Gasteiger partial charge on any atom is -0.376 e. The lowest BCUT2D eigenvalue weighted by Crippen LogP contribution is -2.44. The first-order valence-corrected chi connectivity index (χ1v) is 6.99. The average molecular weight is 263 g/mol. The van der Waals surface area contributed by atoms with E-state index in [1.54, 1.807) is 0 Å². The molecule has 0 radical (unpaired) electrons. The number of hydrogen-bond acceptors (Lipinski definition) is 4. The third kappa shape index (κ3) is 2.98. The lowest BCUT2D eigenvalue weighted by molar-refractivity contribution is -0.103. The van der Waals surface area contributed by atoms with Crippen molar-refractivity contribution in [3.05, 3.63) is 35.4 Å². The molecule has 0 spiro atoms. The van der Waals surface area contributed by atoms with E-state index >= 15 is 0 Å². The Balaban J connectivity index is 1.66. The van der Waals surface area contributed by atoms with Crippen molar-refractivity contribution in [2.45, 2.75) is 31.1 Å². The van der Waals surface area contributed by atoms with Gasteiger partial charge in [0.15, 0.2) is 0 Å². The third-order valence-electron chi connectivity index (χ3n) is 3.90. The smallest absolute Gasteiger partial charge is 0.0961 e. The van der Waals surface area contributed by atoms with Gasteiger partial charge in [-0.2, -0.15) is 0 Å². The van der Waals surface area contributed by atoms with Crippen LogP contribution in [0.2, 0.25) is 0 Å². The molecule has 1 aromatic carbocycles. The summed E-state index contributed by atoms with van der Waals surface area (Å²) in [6.07, 6.45) is 1.85. The molecule has 0 aliphatic carbocycles. The Labute approximate surface area is 113 Å². The summed E-state index contributed by atoms with van der Waals surface area (Å²) in [6.45, 7) is 2.68. The van der Waals surface area contributed by atoms with Crippen LogP contribution in [0.4, 0.5) is 0 Å². The maximum absolute atomic E-state index is 6.25. The first kappa shape index (κ1) is 13.1. The Morgan fingerprint density at radius 1 is 1.16 bits per heavy atom. The summed E-state index contributed by atoms with van der Waals surface area (Å²) in [4.78, 5) is 0. The second-order valence-corrected chi connectivity index (χ2v) is 5.19. The summed E-state index contributed by atoms with van der Waals surface area (Å²) in [5, 5.41) is 0. The molecule has 0 aromatic heterocycles. The van der Waals surface area contributed by atoms with E-state index in [9.17, 15) is 0 Å². The summed E-state index contributed by atoms with van der Waals surface area (Å²) < 4.78 is 17.0. The second-order valence-electron chi connectivity index (χ2n) is 5.19. The number of hydrogen-bond donors (Lipinski definition) is 1. The number of rotatable bonds is 3. The molecule has 19 heavy (non-hydrogen) atoms. The fraction of sp³-hybridized carbons (Fsp3) is 0.600. The van der Waals surface area contributed by atoms with Crippen molar-refractivity contribution in [3.63, 3.8) is 0 Å². The van der Waals surface area contributed by atoms with Crippen LogP contribution in [0.5, 0.6) is 0 Å². The Hall–Kier alpha value is -0.940. The summed E-state index contributed by atoms with van der Waals surface area (Å²) >= 11 is 0. The van der Waals surface area contributed by atoms with Gasteiger partial charge in [-0.15, -0.1) is 0 Å². The summed E-state index contributed by atoms with van der Waals surface area (Å²) in [7, 11) is 0. The average Bonchev–Trinajstić information content (AvgIpc) is 2.48. The molecular weight excluding hydrogens is 242 g/mol. The van der Waals surface area contributed by atoms with Crippen molar-refractivity contribution < 1.29 is 14.2 Å². The van der Waals surface area contributed by atoms with Gasteiger partial charge >= 0.3 is 0 Å². The highest BCUT2D eigenvalue weighted by atomic mass is 16.6. The molecule has 4 heteroatoms. The van der Waals surface area contributed by atoms with Crippen LogP contribution in [-0.2, 0) is 20.6 Å². The van der Waals surface area contributed by atoms with Crippen LogP contribution >= 0.6 is 0 Å². The van der Waals surface area contributed by atoms with Crippen LogP contribution in [-0.4, -0.2) is 38.6 Å². The zero-order chi connectivity index (χ0) is 13.1. The highest BCUT2D eigenvalue weighted by molar-refractivity contribution is 5.31. The van der Waals surface area contributed by atoms with Crippen molar-refractivity contribution >= 4 is 0 Å².